The highest BCUT2D eigenvalue weighted by Crippen LogP contribution is 2.65. The highest BCUT2D eigenvalue weighted by atomic mass is 16.6. The molecule has 5 atom stereocenters. The van der Waals surface area contributed by atoms with E-state index in [9.17, 15) is 24.0 Å². The molecule has 222 valence electrons. The summed E-state index contributed by atoms with van der Waals surface area (Å²) in [6, 6.07) is -2.55. The van der Waals surface area contributed by atoms with Crippen LogP contribution in [0.3, 0.4) is 0 Å². The number of carbonyl (C=O) groups excluding carboxylic acids is 5. The van der Waals surface area contributed by atoms with E-state index in [4.69, 9.17) is 10.5 Å². The van der Waals surface area contributed by atoms with E-state index in [1.807, 2.05) is 0 Å². The molecular weight excluding hydrogens is 512 g/mol. The number of Topliss-reactive ketones (excluding diaryl/α,β-unsaturated/α-hetero) is 1. The van der Waals surface area contributed by atoms with Gasteiger partial charge in [-0.3, -0.25) is 19.2 Å². The number of rotatable bonds is 10. The van der Waals surface area contributed by atoms with Crippen LogP contribution in [0.15, 0.2) is 0 Å². The number of amides is 4. The lowest BCUT2D eigenvalue weighted by Gasteiger charge is -2.38. The molecule has 1 saturated heterocycles. The molecule has 40 heavy (non-hydrogen) atoms. The second-order valence-corrected chi connectivity index (χ2v) is 14.1. The zero-order valence-electron chi connectivity index (χ0n) is 24.4. The van der Waals surface area contributed by atoms with E-state index in [1.165, 1.54) is 12.8 Å². The van der Waals surface area contributed by atoms with Gasteiger partial charge in [-0.15, -0.1) is 0 Å². The lowest BCUT2D eigenvalue weighted by atomic mass is 9.76. The Morgan fingerprint density at radius 3 is 2.15 bits per heavy atom. The average Bonchev–Trinajstić information content (AvgIpc) is 3.65. The van der Waals surface area contributed by atoms with Crippen LogP contribution in [0.5, 0.6) is 0 Å². The van der Waals surface area contributed by atoms with Crippen molar-refractivity contribution in [1.82, 2.24) is 15.5 Å². The number of carbonyl (C=O) groups is 5. The van der Waals surface area contributed by atoms with Crippen molar-refractivity contribution in [3.63, 3.8) is 0 Å². The smallest absolute Gasteiger partial charge is 0.408 e. The Morgan fingerprint density at radius 1 is 0.975 bits per heavy atom. The summed E-state index contributed by atoms with van der Waals surface area (Å²) < 4.78 is 5.35. The van der Waals surface area contributed by atoms with Crippen LogP contribution in [-0.4, -0.2) is 65.3 Å². The number of nitrogens with one attached hydrogen (secondary N) is 2. The lowest BCUT2D eigenvalue weighted by molar-refractivity contribution is -0.144. The van der Waals surface area contributed by atoms with Crippen molar-refractivity contribution in [2.24, 2.45) is 40.2 Å². The maximum absolute atomic E-state index is 14.2. The average molecular weight is 559 g/mol. The topological polar surface area (TPSA) is 148 Å². The van der Waals surface area contributed by atoms with Gasteiger partial charge in [-0.25, -0.2) is 4.79 Å². The second-order valence-electron chi connectivity index (χ2n) is 14.1. The van der Waals surface area contributed by atoms with Gasteiger partial charge >= 0.3 is 6.09 Å². The van der Waals surface area contributed by atoms with Crippen molar-refractivity contribution in [2.45, 2.75) is 116 Å². The summed E-state index contributed by atoms with van der Waals surface area (Å²) in [5.74, 6) is -2.23. The molecule has 4 N–H and O–H groups in total. The maximum atomic E-state index is 14.2. The van der Waals surface area contributed by atoms with Gasteiger partial charge in [0.1, 0.15) is 12.1 Å². The number of hydrogen-bond donors (Lipinski definition) is 3. The molecule has 0 radical (unpaired) electrons. The first-order chi connectivity index (χ1) is 18.8. The normalized spacial score (nSPS) is 31.0. The monoisotopic (exact) mass is 558 g/mol. The SMILES string of the molecule is CC(C)OC(=O)NC(C(=O)N1CC2C([C@H]1C(=O)NC(CC1CCC1)C(=O)C(N)=O)C2(C)C)C1CCC2(CC1)CC2. The molecule has 4 amide bonds. The summed E-state index contributed by atoms with van der Waals surface area (Å²) in [5, 5.41) is 5.70. The van der Waals surface area contributed by atoms with Gasteiger partial charge in [0.2, 0.25) is 17.6 Å². The van der Waals surface area contributed by atoms with E-state index >= 15 is 0 Å². The van der Waals surface area contributed by atoms with E-state index in [0.717, 1.165) is 44.9 Å². The van der Waals surface area contributed by atoms with E-state index in [2.05, 4.69) is 24.5 Å². The quantitative estimate of drug-likeness (QED) is 0.351. The first-order valence-electron chi connectivity index (χ1n) is 15.2. The molecule has 1 spiro atoms. The lowest BCUT2D eigenvalue weighted by Crippen LogP contribution is -2.60. The highest BCUT2D eigenvalue weighted by molar-refractivity contribution is 6.37. The fourth-order valence-corrected chi connectivity index (χ4v) is 7.73. The maximum Gasteiger partial charge on any atom is 0.408 e. The Labute approximate surface area is 236 Å². The molecule has 5 fully saturated rings. The van der Waals surface area contributed by atoms with E-state index in [0.29, 0.717) is 18.4 Å². The molecule has 5 rings (SSSR count). The molecule has 4 saturated carbocycles. The van der Waals surface area contributed by atoms with Crippen molar-refractivity contribution in [3.05, 3.63) is 0 Å². The first-order valence-corrected chi connectivity index (χ1v) is 15.2. The molecule has 0 aromatic carbocycles. The Kier molecular flexibility index (Phi) is 7.68. The number of ketones is 1. The molecular formula is C30H46N4O6. The number of fused-ring (bicyclic) bond motifs is 1. The molecule has 4 aliphatic carbocycles. The predicted molar refractivity (Wildman–Crippen MR) is 147 cm³/mol. The number of nitrogens with two attached hydrogens (primary N) is 1. The number of alkyl carbamates (subject to hydrolysis) is 1. The highest BCUT2D eigenvalue weighted by Gasteiger charge is 2.70. The van der Waals surface area contributed by atoms with Gasteiger partial charge in [-0.2, -0.15) is 0 Å². The Hall–Kier alpha value is -2.65. The second kappa shape index (κ2) is 10.6. The molecule has 10 heteroatoms. The number of nitrogens with zero attached hydrogens (tertiary/aromatic N) is 1. The van der Waals surface area contributed by atoms with E-state index < -0.39 is 41.8 Å². The summed E-state index contributed by atoms with van der Waals surface area (Å²) in [7, 11) is 0. The van der Waals surface area contributed by atoms with Crippen LogP contribution < -0.4 is 16.4 Å². The van der Waals surface area contributed by atoms with E-state index in [-0.39, 0.29) is 41.1 Å². The zero-order chi connectivity index (χ0) is 29.0. The van der Waals surface area contributed by atoms with Gasteiger partial charge in [0.05, 0.1) is 12.1 Å². The Balaban J connectivity index is 1.35. The summed E-state index contributed by atoms with van der Waals surface area (Å²) in [6.45, 7) is 8.13. The third kappa shape index (κ3) is 5.59. The summed E-state index contributed by atoms with van der Waals surface area (Å²) in [4.78, 5) is 66.8. The summed E-state index contributed by atoms with van der Waals surface area (Å²) in [5.41, 5.74) is 5.62. The van der Waals surface area contributed by atoms with Gasteiger partial charge in [0.15, 0.2) is 0 Å². The molecule has 1 aliphatic heterocycles. The first kappa shape index (κ1) is 28.9. The van der Waals surface area contributed by atoms with Crippen LogP contribution in [0.25, 0.3) is 0 Å². The van der Waals surface area contributed by atoms with Gasteiger partial charge in [-0.05, 0) is 93.3 Å². The molecule has 10 nitrogen and oxygen atoms in total. The van der Waals surface area contributed by atoms with Crippen LogP contribution in [0.2, 0.25) is 0 Å². The van der Waals surface area contributed by atoms with Gasteiger partial charge < -0.3 is 26.0 Å². The number of likely N-dealkylation sites (tertiary alicyclic amines) is 1. The zero-order valence-corrected chi connectivity index (χ0v) is 24.4. The predicted octanol–water partition coefficient (Wildman–Crippen LogP) is 2.67. The molecule has 4 unspecified atom stereocenters. The van der Waals surface area contributed by atoms with Crippen molar-refractivity contribution in [1.29, 1.82) is 0 Å². The van der Waals surface area contributed by atoms with Gasteiger partial charge in [-0.1, -0.05) is 33.1 Å². The number of primary amides is 1. The van der Waals surface area contributed by atoms with Crippen molar-refractivity contribution >= 4 is 29.6 Å². The largest absolute Gasteiger partial charge is 0.447 e. The molecule has 0 aromatic heterocycles. The molecule has 0 bridgehead atoms. The molecule has 5 aliphatic rings. The standard InChI is InChI=1S/C30H46N4O6/c1-16(2)40-28(39)33-22(18-8-10-30(11-9-18)12-13-30)27(38)34-15-19-21(29(19,3)4)23(34)26(37)32-20(24(35)25(31)36)14-17-6-5-7-17/h16-23H,5-15H2,1-4H3,(H2,31,36)(H,32,37)(H,33,39)/t19?,20?,21?,22?,23-/m0/s1. The fraction of sp³-hybridized carbons (Fsp3) is 0.833. The van der Waals surface area contributed by atoms with Crippen LogP contribution in [0.4, 0.5) is 4.79 Å². The van der Waals surface area contributed by atoms with Crippen molar-refractivity contribution in [3.8, 4) is 0 Å². The number of hydrogen-bond acceptors (Lipinski definition) is 6. The minimum Gasteiger partial charge on any atom is -0.447 e. The van der Waals surface area contributed by atoms with Crippen LogP contribution >= 0.6 is 0 Å². The number of piperidine rings is 1. The van der Waals surface area contributed by atoms with Crippen LogP contribution in [0, 0.1) is 34.5 Å². The Bertz CT molecular complexity index is 1050. The summed E-state index contributed by atoms with van der Waals surface area (Å²) in [6.07, 6.45) is 8.64. The number of ether oxygens (including phenoxy) is 1. The van der Waals surface area contributed by atoms with Crippen molar-refractivity contribution < 1.29 is 28.7 Å². The molecule has 1 heterocycles. The molecule has 0 aromatic rings. The van der Waals surface area contributed by atoms with Gasteiger partial charge in [0, 0.05) is 6.54 Å². The Morgan fingerprint density at radius 2 is 1.62 bits per heavy atom. The third-order valence-corrected chi connectivity index (χ3v) is 10.8. The van der Waals surface area contributed by atoms with Crippen molar-refractivity contribution in [2.75, 3.05) is 6.54 Å². The van der Waals surface area contributed by atoms with Crippen LogP contribution in [-0.2, 0) is 23.9 Å². The minimum atomic E-state index is -1.06. The minimum absolute atomic E-state index is 0.0325. The third-order valence-electron chi connectivity index (χ3n) is 10.8. The van der Waals surface area contributed by atoms with E-state index in [1.54, 1.807) is 18.7 Å². The fourth-order valence-electron chi connectivity index (χ4n) is 7.73. The van der Waals surface area contributed by atoms with Crippen LogP contribution in [0.1, 0.15) is 91.9 Å². The van der Waals surface area contributed by atoms with Gasteiger partial charge in [0.25, 0.3) is 5.91 Å². The summed E-state index contributed by atoms with van der Waals surface area (Å²) >= 11 is 0.